The van der Waals surface area contributed by atoms with Crippen molar-refractivity contribution >= 4 is 0 Å². The fourth-order valence-electron chi connectivity index (χ4n) is 6.05. The van der Waals surface area contributed by atoms with Crippen molar-refractivity contribution in [1.29, 1.82) is 0 Å². The molecule has 0 aliphatic heterocycles. The zero-order chi connectivity index (χ0) is 15.6. The number of aryl methyl sites for hydroxylation is 1. The van der Waals surface area contributed by atoms with Gasteiger partial charge in [0.25, 0.3) is 0 Å². The van der Waals surface area contributed by atoms with Crippen LogP contribution in [0.3, 0.4) is 0 Å². The number of fused-ring (bicyclic) bond motifs is 5. The van der Waals surface area contributed by atoms with Gasteiger partial charge in [-0.05, 0) is 104 Å². The van der Waals surface area contributed by atoms with Crippen LogP contribution in [0.2, 0.25) is 0 Å². The molecule has 0 aromatic heterocycles. The topological polar surface area (TPSA) is 40.5 Å². The van der Waals surface area contributed by atoms with Gasteiger partial charge < -0.3 is 10.2 Å². The van der Waals surface area contributed by atoms with E-state index in [1.807, 2.05) is 13.0 Å². The van der Waals surface area contributed by atoms with Gasteiger partial charge in [-0.15, -0.1) is 0 Å². The van der Waals surface area contributed by atoms with Gasteiger partial charge in [-0.1, -0.05) is 6.92 Å². The van der Waals surface area contributed by atoms with Gasteiger partial charge in [-0.25, -0.2) is 0 Å². The summed E-state index contributed by atoms with van der Waals surface area (Å²) in [4.78, 5) is 0. The Kier molecular flexibility index (Phi) is 3.14. The molecule has 2 N–H and O–H groups in total. The quantitative estimate of drug-likeness (QED) is 0.753. The lowest BCUT2D eigenvalue weighted by molar-refractivity contribution is -0.0227. The molecule has 0 radical (unpaired) electrons. The van der Waals surface area contributed by atoms with E-state index >= 15 is 0 Å². The normalized spacial score (nSPS) is 40.0. The second kappa shape index (κ2) is 4.74. The van der Waals surface area contributed by atoms with E-state index in [2.05, 4.69) is 13.8 Å². The van der Waals surface area contributed by atoms with Gasteiger partial charge in [0.15, 0.2) is 0 Å². The van der Waals surface area contributed by atoms with Crippen LogP contribution < -0.4 is 0 Å². The average molecular weight is 300 g/mol. The van der Waals surface area contributed by atoms with Crippen molar-refractivity contribution in [3.05, 3.63) is 28.3 Å². The second-order valence-corrected chi connectivity index (χ2v) is 8.27. The lowest BCUT2D eigenvalue weighted by Gasteiger charge is -2.50. The van der Waals surface area contributed by atoms with Crippen LogP contribution in [0.5, 0.6) is 5.75 Å². The third-order valence-corrected chi connectivity index (χ3v) is 7.51. The van der Waals surface area contributed by atoms with Crippen molar-refractivity contribution in [2.45, 2.75) is 71.3 Å². The van der Waals surface area contributed by atoms with Crippen molar-refractivity contribution < 1.29 is 10.2 Å². The van der Waals surface area contributed by atoms with Gasteiger partial charge >= 0.3 is 0 Å². The Morgan fingerprint density at radius 3 is 2.64 bits per heavy atom. The molecule has 2 saturated carbocycles. The third-order valence-electron chi connectivity index (χ3n) is 7.51. The monoisotopic (exact) mass is 300 g/mol. The fraction of sp³-hybridized carbons (Fsp3) is 0.700. The summed E-state index contributed by atoms with van der Waals surface area (Å²) in [5.41, 5.74) is 5.43. The summed E-state index contributed by atoms with van der Waals surface area (Å²) in [5, 5.41) is 20.6. The summed E-state index contributed by atoms with van der Waals surface area (Å²) in [6, 6.07) is 2.02. The highest BCUT2D eigenvalue weighted by Gasteiger charge is 2.54. The Morgan fingerprint density at radius 1 is 1.09 bits per heavy atom. The Labute approximate surface area is 133 Å². The Hall–Kier alpha value is -1.02. The minimum atomic E-state index is -0.0949. The standard InChI is InChI=1S/C20H28O2/c1-11-12(2)19-13(10-17(11)21)4-5-14-15(19)8-9-20(3)16(14)6-7-18(20)22/h10,14-16,18,21-22H,4-9H2,1-3H3/t14-,15+,16+,18+,20+/m1/s1. The van der Waals surface area contributed by atoms with E-state index in [0.717, 1.165) is 30.7 Å². The molecule has 0 saturated heterocycles. The number of hydrogen-bond donors (Lipinski definition) is 2. The minimum Gasteiger partial charge on any atom is -0.508 e. The summed E-state index contributed by atoms with van der Waals surface area (Å²) in [5.74, 6) is 2.52. The molecule has 1 aromatic rings. The van der Waals surface area contributed by atoms with E-state index < -0.39 is 0 Å². The number of aromatic hydroxyl groups is 1. The average Bonchev–Trinajstić information content (AvgIpc) is 2.80. The number of phenolic OH excluding ortho intramolecular Hbond substituents is 1. The number of benzene rings is 1. The van der Waals surface area contributed by atoms with E-state index in [-0.39, 0.29) is 11.5 Å². The molecule has 0 amide bonds. The Balaban J connectivity index is 1.78. The maximum Gasteiger partial charge on any atom is 0.119 e. The van der Waals surface area contributed by atoms with Crippen molar-refractivity contribution in [3.8, 4) is 5.75 Å². The summed E-state index contributed by atoms with van der Waals surface area (Å²) in [6.45, 7) is 6.56. The molecule has 120 valence electrons. The lowest BCUT2D eigenvalue weighted by atomic mass is 9.55. The van der Waals surface area contributed by atoms with Gasteiger partial charge in [0.2, 0.25) is 0 Å². The number of rotatable bonds is 0. The largest absolute Gasteiger partial charge is 0.508 e. The van der Waals surface area contributed by atoms with E-state index in [1.54, 1.807) is 0 Å². The van der Waals surface area contributed by atoms with Crippen LogP contribution in [0.15, 0.2) is 6.07 Å². The van der Waals surface area contributed by atoms with Crippen LogP contribution in [0.4, 0.5) is 0 Å². The first-order valence-electron chi connectivity index (χ1n) is 8.93. The van der Waals surface area contributed by atoms with E-state index in [4.69, 9.17) is 0 Å². The molecule has 0 heterocycles. The first-order valence-corrected chi connectivity index (χ1v) is 8.93. The highest BCUT2D eigenvalue weighted by atomic mass is 16.3. The highest BCUT2D eigenvalue weighted by molar-refractivity contribution is 5.51. The molecule has 2 heteroatoms. The van der Waals surface area contributed by atoms with Crippen LogP contribution >= 0.6 is 0 Å². The summed E-state index contributed by atoms with van der Waals surface area (Å²) >= 11 is 0. The first-order chi connectivity index (χ1) is 10.4. The summed E-state index contributed by atoms with van der Waals surface area (Å²) in [6.07, 6.45) is 6.77. The van der Waals surface area contributed by atoms with Crippen molar-refractivity contribution in [2.24, 2.45) is 17.3 Å². The molecule has 3 aliphatic carbocycles. The molecule has 0 unspecified atom stereocenters. The second-order valence-electron chi connectivity index (χ2n) is 8.27. The van der Waals surface area contributed by atoms with Gasteiger partial charge in [0.1, 0.15) is 5.75 Å². The predicted molar refractivity (Wildman–Crippen MR) is 88.2 cm³/mol. The van der Waals surface area contributed by atoms with Crippen LogP contribution in [-0.2, 0) is 6.42 Å². The lowest BCUT2D eigenvalue weighted by Crippen LogP contribution is -2.44. The van der Waals surface area contributed by atoms with Crippen molar-refractivity contribution in [1.82, 2.24) is 0 Å². The molecule has 2 fully saturated rings. The Bertz CT molecular complexity index is 621. The van der Waals surface area contributed by atoms with Gasteiger partial charge in [-0.2, -0.15) is 0 Å². The molecule has 5 atom stereocenters. The van der Waals surface area contributed by atoms with Crippen molar-refractivity contribution in [3.63, 3.8) is 0 Å². The summed E-state index contributed by atoms with van der Waals surface area (Å²) < 4.78 is 0. The maximum atomic E-state index is 10.5. The van der Waals surface area contributed by atoms with Crippen LogP contribution in [0.1, 0.15) is 67.2 Å². The van der Waals surface area contributed by atoms with E-state index in [0.29, 0.717) is 17.6 Å². The van der Waals surface area contributed by atoms with Gasteiger partial charge in [0.05, 0.1) is 6.10 Å². The number of aliphatic hydroxyl groups is 1. The van der Waals surface area contributed by atoms with Crippen molar-refractivity contribution in [2.75, 3.05) is 0 Å². The minimum absolute atomic E-state index is 0.0949. The maximum absolute atomic E-state index is 10.5. The first kappa shape index (κ1) is 14.6. The molecule has 1 aromatic carbocycles. The highest BCUT2D eigenvalue weighted by Crippen LogP contribution is 2.61. The number of aliphatic hydroxyl groups excluding tert-OH is 1. The molecule has 4 rings (SSSR count). The predicted octanol–water partition coefficient (Wildman–Crippen LogP) is 4.23. The van der Waals surface area contributed by atoms with Gasteiger partial charge in [0, 0.05) is 0 Å². The van der Waals surface area contributed by atoms with Gasteiger partial charge in [-0.3, -0.25) is 0 Å². The molecule has 0 spiro atoms. The van der Waals surface area contributed by atoms with Crippen LogP contribution in [-0.4, -0.2) is 16.3 Å². The van der Waals surface area contributed by atoms with E-state index in [1.165, 1.54) is 36.0 Å². The zero-order valence-electron chi connectivity index (χ0n) is 14.0. The number of hydrogen-bond acceptors (Lipinski definition) is 2. The molecule has 3 aliphatic rings. The van der Waals surface area contributed by atoms with Crippen LogP contribution in [0.25, 0.3) is 0 Å². The molecule has 2 nitrogen and oxygen atoms in total. The fourth-order valence-corrected chi connectivity index (χ4v) is 6.05. The summed E-state index contributed by atoms with van der Waals surface area (Å²) in [7, 11) is 0. The molecule has 22 heavy (non-hydrogen) atoms. The SMILES string of the molecule is Cc1c(O)cc2c(c1C)[C@H]1CC[C@]3(C)[C@@H](O)CC[C@H]3[C@@H]1CC2. The Morgan fingerprint density at radius 2 is 1.86 bits per heavy atom. The smallest absolute Gasteiger partial charge is 0.119 e. The molecule has 0 bridgehead atoms. The zero-order valence-corrected chi connectivity index (χ0v) is 14.0. The third kappa shape index (κ3) is 1.76. The number of phenols is 1. The molecular weight excluding hydrogens is 272 g/mol. The molecular formula is C20H28O2. The van der Waals surface area contributed by atoms with Crippen LogP contribution in [0, 0.1) is 31.1 Å². The van der Waals surface area contributed by atoms with E-state index in [9.17, 15) is 10.2 Å².